The standard InChI is InChI=1S/C15H18ClN3/c16-12-6-4-5-11(9-12)14-10-15(17)19(18-14)13-7-2-1-3-8-13/h4-6,9-10,13H,1-3,7-8,17H2. The van der Waals surface area contributed by atoms with Crippen molar-refractivity contribution in [2.75, 3.05) is 5.73 Å². The van der Waals surface area contributed by atoms with Crippen LogP contribution in [0.25, 0.3) is 11.3 Å². The summed E-state index contributed by atoms with van der Waals surface area (Å²) in [6, 6.07) is 10.1. The van der Waals surface area contributed by atoms with Gasteiger partial charge in [-0.1, -0.05) is 43.0 Å². The number of hydrogen-bond donors (Lipinski definition) is 1. The van der Waals surface area contributed by atoms with E-state index in [2.05, 4.69) is 5.10 Å². The molecule has 1 heterocycles. The molecule has 2 aromatic rings. The van der Waals surface area contributed by atoms with Crippen LogP contribution < -0.4 is 5.73 Å². The molecule has 1 aliphatic carbocycles. The van der Waals surface area contributed by atoms with Gasteiger partial charge in [-0.25, -0.2) is 4.68 Å². The number of aromatic nitrogens is 2. The Balaban J connectivity index is 1.92. The fraction of sp³-hybridized carbons (Fsp3) is 0.400. The number of nitrogen functional groups attached to an aromatic ring is 1. The highest BCUT2D eigenvalue weighted by Crippen LogP contribution is 2.32. The number of anilines is 1. The molecule has 1 aromatic heterocycles. The average Bonchev–Trinajstić information content (AvgIpc) is 2.82. The van der Waals surface area contributed by atoms with Gasteiger partial charge in [-0.2, -0.15) is 5.10 Å². The zero-order valence-electron chi connectivity index (χ0n) is 10.8. The molecule has 0 amide bonds. The van der Waals surface area contributed by atoms with Gasteiger partial charge in [0.05, 0.1) is 11.7 Å². The molecule has 3 rings (SSSR count). The molecule has 19 heavy (non-hydrogen) atoms. The quantitative estimate of drug-likeness (QED) is 0.888. The van der Waals surface area contributed by atoms with Gasteiger partial charge in [0, 0.05) is 16.7 Å². The molecule has 0 atom stereocenters. The van der Waals surface area contributed by atoms with E-state index in [1.807, 2.05) is 35.0 Å². The van der Waals surface area contributed by atoms with E-state index in [-0.39, 0.29) is 0 Å². The first-order chi connectivity index (χ1) is 9.24. The van der Waals surface area contributed by atoms with E-state index in [1.54, 1.807) is 0 Å². The minimum atomic E-state index is 0.460. The van der Waals surface area contributed by atoms with Crippen LogP contribution in [0.1, 0.15) is 38.1 Å². The smallest absolute Gasteiger partial charge is 0.122 e. The highest BCUT2D eigenvalue weighted by atomic mass is 35.5. The first-order valence-electron chi connectivity index (χ1n) is 6.85. The molecule has 2 N–H and O–H groups in total. The Morgan fingerprint density at radius 2 is 1.95 bits per heavy atom. The lowest BCUT2D eigenvalue weighted by Crippen LogP contribution is -2.16. The van der Waals surface area contributed by atoms with Gasteiger partial charge in [0.15, 0.2) is 0 Å². The van der Waals surface area contributed by atoms with Crippen molar-refractivity contribution >= 4 is 17.4 Å². The van der Waals surface area contributed by atoms with Crippen molar-refractivity contribution in [2.24, 2.45) is 0 Å². The Kier molecular flexibility index (Phi) is 3.47. The monoisotopic (exact) mass is 275 g/mol. The van der Waals surface area contributed by atoms with Crippen molar-refractivity contribution < 1.29 is 0 Å². The van der Waals surface area contributed by atoms with Crippen LogP contribution in [0.4, 0.5) is 5.82 Å². The van der Waals surface area contributed by atoms with Gasteiger partial charge >= 0.3 is 0 Å². The highest BCUT2D eigenvalue weighted by molar-refractivity contribution is 6.30. The summed E-state index contributed by atoms with van der Waals surface area (Å²) in [7, 11) is 0. The maximum absolute atomic E-state index is 6.12. The van der Waals surface area contributed by atoms with Crippen molar-refractivity contribution in [1.29, 1.82) is 0 Å². The van der Waals surface area contributed by atoms with Crippen LogP contribution in [-0.2, 0) is 0 Å². The second-order valence-corrected chi connectivity index (χ2v) is 5.64. The Bertz CT molecular complexity index is 571. The van der Waals surface area contributed by atoms with E-state index < -0.39 is 0 Å². The lowest BCUT2D eigenvalue weighted by Gasteiger charge is -2.22. The first-order valence-corrected chi connectivity index (χ1v) is 7.23. The lowest BCUT2D eigenvalue weighted by atomic mass is 9.96. The number of hydrogen-bond acceptors (Lipinski definition) is 2. The number of nitrogens with two attached hydrogens (primary N) is 1. The van der Waals surface area contributed by atoms with Gasteiger partial charge in [-0.15, -0.1) is 0 Å². The minimum absolute atomic E-state index is 0.460. The summed E-state index contributed by atoms with van der Waals surface area (Å²) < 4.78 is 2.00. The van der Waals surface area contributed by atoms with Crippen LogP contribution in [0, 0.1) is 0 Å². The fourth-order valence-corrected chi connectivity index (χ4v) is 3.01. The van der Waals surface area contributed by atoms with Crippen LogP contribution in [-0.4, -0.2) is 9.78 Å². The minimum Gasteiger partial charge on any atom is -0.384 e. The van der Waals surface area contributed by atoms with Gasteiger partial charge in [-0.05, 0) is 25.0 Å². The summed E-state index contributed by atoms with van der Waals surface area (Å²) in [4.78, 5) is 0. The van der Waals surface area contributed by atoms with E-state index in [4.69, 9.17) is 17.3 Å². The molecule has 0 bridgehead atoms. The predicted octanol–water partition coefficient (Wildman–Crippen LogP) is 4.29. The van der Waals surface area contributed by atoms with Crippen molar-refractivity contribution in [3.8, 4) is 11.3 Å². The molecule has 0 radical (unpaired) electrons. The van der Waals surface area contributed by atoms with Crippen LogP contribution in [0.5, 0.6) is 0 Å². The summed E-state index contributed by atoms with van der Waals surface area (Å²) in [5.74, 6) is 0.752. The van der Waals surface area contributed by atoms with E-state index in [0.29, 0.717) is 6.04 Å². The number of halogens is 1. The van der Waals surface area contributed by atoms with Crippen molar-refractivity contribution in [2.45, 2.75) is 38.1 Å². The normalized spacial score (nSPS) is 16.7. The van der Waals surface area contributed by atoms with Crippen LogP contribution in [0.3, 0.4) is 0 Å². The summed E-state index contributed by atoms with van der Waals surface area (Å²) in [6.45, 7) is 0. The van der Waals surface area contributed by atoms with Crippen LogP contribution >= 0.6 is 11.6 Å². The molecular weight excluding hydrogens is 258 g/mol. The Morgan fingerprint density at radius 1 is 1.16 bits per heavy atom. The van der Waals surface area contributed by atoms with E-state index >= 15 is 0 Å². The molecule has 0 saturated heterocycles. The fourth-order valence-electron chi connectivity index (χ4n) is 2.82. The molecule has 1 fully saturated rings. The van der Waals surface area contributed by atoms with Gasteiger partial charge in [0.1, 0.15) is 5.82 Å². The van der Waals surface area contributed by atoms with E-state index in [1.165, 1.54) is 32.1 Å². The summed E-state index contributed by atoms with van der Waals surface area (Å²) in [5.41, 5.74) is 8.05. The second-order valence-electron chi connectivity index (χ2n) is 5.20. The molecule has 3 nitrogen and oxygen atoms in total. The van der Waals surface area contributed by atoms with Crippen molar-refractivity contribution in [3.05, 3.63) is 35.4 Å². The maximum Gasteiger partial charge on any atom is 0.122 e. The predicted molar refractivity (Wildman–Crippen MR) is 79.2 cm³/mol. The van der Waals surface area contributed by atoms with Crippen LogP contribution in [0.2, 0.25) is 5.02 Å². The third kappa shape index (κ3) is 2.61. The molecular formula is C15H18ClN3. The molecule has 100 valence electrons. The second kappa shape index (κ2) is 5.25. The summed E-state index contributed by atoms with van der Waals surface area (Å²) in [6.07, 6.45) is 6.24. The highest BCUT2D eigenvalue weighted by Gasteiger charge is 2.19. The van der Waals surface area contributed by atoms with Crippen molar-refractivity contribution in [1.82, 2.24) is 9.78 Å². The average molecular weight is 276 g/mol. The Hall–Kier alpha value is -1.48. The molecule has 1 saturated carbocycles. The lowest BCUT2D eigenvalue weighted by molar-refractivity contribution is 0.333. The zero-order valence-corrected chi connectivity index (χ0v) is 11.6. The third-order valence-electron chi connectivity index (χ3n) is 3.81. The number of benzene rings is 1. The topological polar surface area (TPSA) is 43.8 Å². The van der Waals surface area contributed by atoms with Gasteiger partial charge < -0.3 is 5.73 Å². The van der Waals surface area contributed by atoms with Gasteiger partial charge in [0.2, 0.25) is 0 Å². The zero-order chi connectivity index (χ0) is 13.2. The van der Waals surface area contributed by atoms with Gasteiger partial charge in [-0.3, -0.25) is 0 Å². The molecule has 0 spiro atoms. The third-order valence-corrected chi connectivity index (χ3v) is 4.04. The largest absolute Gasteiger partial charge is 0.384 e. The molecule has 0 aliphatic heterocycles. The Labute approximate surface area is 118 Å². The van der Waals surface area contributed by atoms with E-state index in [9.17, 15) is 0 Å². The Morgan fingerprint density at radius 3 is 2.68 bits per heavy atom. The van der Waals surface area contributed by atoms with Crippen molar-refractivity contribution in [3.63, 3.8) is 0 Å². The number of nitrogens with zero attached hydrogens (tertiary/aromatic N) is 2. The molecule has 1 aromatic carbocycles. The van der Waals surface area contributed by atoms with E-state index in [0.717, 1.165) is 22.1 Å². The summed E-state index contributed by atoms with van der Waals surface area (Å²) >= 11 is 6.02. The molecule has 0 unspecified atom stereocenters. The van der Waals surface area contributed by atoms with Crippen LogP contribution in [0.15, 0.2) is 30.3 Å². The summed E-state index contributed by atoms with van der Waals surface area (Å²) in [5, 5.41) is 5.40. The molecule has 4 heteroatoms. The SMILES string of the molecule is Nc1cc(-c2cccc(Cl)c2)nn1C1CCCCC1. The first kappa shape index (κ1) is 12.5. The maximum atomic E-state index is 6.12. The van der Waals surface area contributed by atoms with Gasteiger partial charge in [0.25, 0.3) is 0 Å². The number of rotatable bonds is 2. The molecule has 1 aliphatic rings.